The highest BCUT2D eigenvalue weighted by Gasteiger charge is 2.41. The van der Waals surface area contributed by atoms with E-state index in [2.05, 4.69) is 9.88 Å². The highest BCUT2D eigenvalue weighted by Crippen LogP contribution is 2.24. The van der Waals surface area contributed by atoms with E-state index in [9.17, 15) is 19.2 Å². The van der Waals surface area contributed by atoms with Crippen molar-refractivity contribution >= 4 is 57.8 Å². The summed E-state index contributed by atoms with van der Waals surface area (Å²) in [5.74, 6) is -1.44. The number of morpholine rings is 1. The maximum absolute atomic E-state index is 14.1. The molecule has 2 fully saturated rings. The molecule has 11 nitrogen and oxygen atoms in total. The first kappa shape index (κ1) is 35.7. The molecule has 3 amide bonds. The molecule has 5 rings (SSSR count). The molecule has 13 heteroatoms. The molecule has 2 aromatic carbocycles. The zero-order valence-corrected chi connectivity index (χ0v) is 28.8. The number of carbonyl (C=O) groups excluding carboxylic acids is 4. The van der Waals surface area contributed by atoms with Crippen LogP contribution in [0.5, 0.6) is 0 Å². The van der Waals surface area contributed by atoms with Gasteiger partial charge in [0.2, 0.25) is 17.7 Å². The lowest BCUT2D eigenvalue weighted by Crippen LogP contribution is -2.61. The van der Waals surface area contributed by atoms with E-state index < -0.39 is 17.9 Å². The van der Waals surface area contributed by atoms with Gasteiger partial charge in [0, 0.05) is 66.4 Å². The fourth-order valence-corrected chi connectivity index (χ4v) is 6.83. The molecule has 1 unspecified atom stereocenters. The van der Waals surface area contributed by atoms with E-state index in [1.165, 1.54) is 9.80 Å². The molecule has 3 aromatic rings. The Bertz CT molecular complexity index is 1590. The van der Waals surface area contributed by atoms with Crippen LogP contribution >= 0.6 is 23.2 Å². The van der Waals surface area contributed by atoms with Crippen LogP contribution < -0.4 is 0 Å². The van der Waals surface area contributed by atoms with Crippen molar-refractivity contribution in [2.24, 2.45) is 0 Å². The lowest BCUT2D eigenvalue weighted by Gasteiger charge is -2.41. The molecule has 2 saturated heterocycles. The van der Waals surface area contributed by atoms with E-state index in [1.807, 2.05) is 30.5 Å². The van der Waals surface area contributed by atoms with Gasteiger partial charge in [0.15, 0.2) is 0 Å². The van der Waals surface area contributed by atoms with Gasteiger partial charge in [-0.25, -0.2) is 0 Å². The molecule has 3 heterocycles. The lowest BCUT2D eigenvalue weighted by atomic mass is 10.0. The first-order chi connectivity index (χ1) is 23.2. The number of esters is 1. The van der Waals surface area contributed by atoms with Crippen molar-refractivity contribution in [2.45, 2.75) is 38.6 Å². The van der Waals surface area contributed by atoms with Gasteiger partial charge in [-0.1, -0.05) is 47.5 Å². The van der Waals surface area contributed by atoms with Crippen LogP contribution in [0.4, 0.5) is 0 Å². The number of rotatable bonds is 15. The third-order valence-electron chi connectivity index (χ3n) is 8.93. The average Bonchev–Trinajstić information content (AvgIpc) is 3.49. The molecule has 1 N–H and O–H groups in total. The Morgan fingerprint density at radius 1 is 1.02 bits per heavy atom. The summed E-state index contributed by atoms with van der Waals surface area (Å²) in [5.41, 5.74) is 2.79. The number of carbonyl (C=O) groups is 4. The minimum absolute atomic E-state index is 0.0839. The van der Waals surface area contributed by atoms with Crippen molar-refractivity contribution in [3.8, 4) is 0 Å². The molecular weight excluding hydrogens is 657 g/mol. The summed E-state index contributed by atoms with van der Waals surface area (Å²) < 4.78 is 10.6. The van der Waals surface area contributed by atoms with Gasteiger partial charge in [-0.05, 0) is 55.5 Å². The van der Waals surface area contributed by atoms with E-state index in [-0.39, 0.29) is 51.0 Å². The minimum Gasteiger partial charge on any atom is -0.465 e. The standard InChI is InChI=1S/C35H43Cl2N5O6/c1-2-48-34(45)24-40(14-11-26-22-38-30-7-4-3-6-28(26)30)32(43)21-31-35(46)41(15-10-25-8-9-27(36)20-29(25)37)23-33(44)42(31)13-5-12-39-16-18-47-19-17-39/h3-4,6-9,20,22,31,38H,2,5,10-19,21,23-24H2,1H3. The highest BCUT2D eigenvalue weighted by molar-refractivity contribution is 6.35. The monoisotopic (exact) mass is 699 g/mol. The van der Waals surface area contributed by atoms with E-state index in [0.29, 0.717) is 49.1 Å². The van der Waals surface area contributed by atoms with Gasteiger partial charge in [-0.2, -0.15) is 0 Å². The number of hydrogen-bond donors (Lipinski definition) is 1. The van der Waals surface area contributed by atoms with Crippen molar-refractivity contribution in [3.63, 3.8) is 0 Å². The largest absolute Gasteiger partial charge is 0.465 e. The summed E-state index contributed by atoms with van der Waals surface area (Å²) in [5, 5.41) is 2.04. The van der Waals surface area contributed by atoms with Gasteiger partial charge in [-0.15, -0.1) is 0 Å². The van der Waals surface area contributed by atoms with Gasteiger partial charge >= 0.3 is 5.97 Å². The smallest absolute Gasteiger partial charge is 0.325 e. The Morgan fingerprint density at radius 3 is 2.58 bits per heavy atom. The molecule has 0 spiro atoms. The second-order valence-corrected chi connectivity index (χ2v) is 12.9. The van der Waals surface area contributed by atoms with Crippen molar-refractivity contribution < 1.29 is 28.7 Å². The predicted molar refractivity (Wildman–Crippen MR) is 184 cm³/mol. The molecule has 0 aliphatic carbocycles. The van der Waals surface area contributed by atoms with E-state index >= 15 is 0 Å². The maximum atomic E-state index is 14.1. The number of hydrogen-bond acceptors (Lipinski definition) is 7. The first-order valence-electron chi connectivity index (χ1n) is 16.5. The van der Waals surface area contributed by atoms with Crippen molar-refractivity contribution in [2.75, 3.05) is 72.2 Å². The second-order valence-electron chi connectivity index (χ2n) is 12.1. The Kier molecular flexibility index (Phi) is 12.7. The van der Waals surface area contributed by atoms with Crippen LogP contribution in [0.1, 0.15) is 30.9 Å². The number of fused-ring (bicyclic) bond motifs is 1. The zero-order chi connectivity index (χ0) is 34.0. The summed E-state index contributed by atoms with van der Waals surface area (Å²) in [6.45, 7) is 6.10. The maximum Gasteiger partial charge on any atom is 0.325 e. The van der Waals surface area contributed by atoms with Crippen molar-refractivity contribution in [1.29, 1.82) is 0 Å². The van der Waals surface area contributed by atoms with E-state index in [4.69, 9.17) is 32.7 Å². The number of halogens is 2. The molecular formula is C35H43Cl2N5O6. The lowest BCUT2D eigenvalue weighted by molar-refractivity contribution is -0.159. The number of amides is 3. The van der Waals surface area contributed by atoms with Crippen LogP contribution in [0, 0.1) is 0 Å². The number of piperazine rings is 1. The quantitative estimate of drug-likeness (QED) is 0.240. The van der Waals surface area contributed by atoms with Crippen LogP contribution in [0.2, 0.25) is 10.0 Å². The summed E-state index contributed by atoms with van der Waals surface area (Å²) in [6.07, 6.45) is 3.23. The Hall–Kier alpha value is -3.64. The fourth-order valence-electron chi connectivity index (χ4n) is 6.33. The number of aromatic amines is 1. The molecule has 2 aliphatic heterocycles. The molecule has 2 aliphatic rings. The predicted octanol–water partition coefficient (Wildman–Crippen LogP) is 3.80. The normalized spacial score (nSPS) is 17.3. The van der Waals surface area contributed by atoms with Crippen LogP contribution in [0.15, 0.2) is 48.7 Å². The Morgan fingerprint density at radius 2 is 1.81 bits per heavy atom. The molecule has 258 valence electrons. The number of benzene rings is 2. The number of para-hydroxylation sites is 1. The van der Waals surface area contributed by atoms with Gasteiger partial charge in [0.1, 0.15) is 12.6 Å². The summed E-state index contributed by atoms with van der Waals surface area (Å²) in [7, 11) is 0. The van der Waals surface area contributed by atoms with Crippen LogP contribution in [0.25, 0.3) is 10.9 Å². The summed E-state index contributed by atoms with van der Waals surface area (Å²) in [4.78, 5) is 64.3. The minimum atomic E-state index is -0.998. The molecule has 0 radical (unpaired) electrons. The molecule has 0 bridgehead atoms. The van der Waals surface area contributed by atoms with Crippen molar-refractivity contribution in [3.05, 3.63) is 69.8 Å². The van der Waals surface area contributed by atoms with Crippen molar-refractivity contribution in [1.82, 2.24) is 24.6 Å². The first-order valence-corrected chi connectivity index (χ1v) is 17.3. The fraction of sp³-hybridized carbons (Fsp3) is 0.486. The third-order valence-corrected chi connectivity index (χ3v) is 9.52. The van der Waals surface area contributed by atoms with Gasteiger partial charge in [0.05, 0.1) is 32.8 Å². The summed E-state index contributed by atoms with van der Waals surface area (Å²) >= 11 is 12.4. The van der Waals surface area contributed by atoms with Crippen LogP contribution in [-0.2, 0) is 41.5 Å². The summed E-state index contributed by atoms with van der Waals surface area (Å²) in [6, 6.07) is 12.1. The van der Waals surface area contributed by atoms with Gasteiger partial charge in [-0.3, -0.25) is 24.1 Å². The number of H-pyrrole nitrogens is 1. The Labute approximate surface area is 291 Å². The van der Waals surface area contributed by atoms with Crippen LogP contribution in [-0.4, -0.2) is 126 Å². The van der Waals surface area contributed by atoms with Crippen LogP contribution in [0.3, 0.4) is 0 Å². The molecule has 48 heavy (non-hydrogen) atoms. The number of nitrogens with one attached hydrogen (secondary N) is 1. The molecule has 1 aromatic heterocycles. The van der Waals surface area contributed by atoms with Gasteiger partial charge in [0.25, 0.3) is 0 Å². The number of ether oxygens (including phenoxy) is 2. The van der Waals surface area contributed by atoms with Gasteiger partial charge < -0.3 is 29.2 Å². The van der Waals surface area contributed by atoms with E-state index in [1.54, 1.807) is 30.0 Å². The van der Waals surface area contributed by atoms with E-state index in [0.717, 1.165) is 41.7 Å². The molecule has 0 saturated carbocycles. The second kappa shape index (κ2) is 17.1. The number of nitrogens with zero attached hydrogens (tertiary/aromatic N) is 4. The number of aromatic nitrogens is 1. The topological polar surface area (TPSA) is 115 Å². The highest BCUT2D eigenvalue weighted by atomic mass is 35.5. The average molecular weight is 701 g/mol. The molecule has 1 atom stereocenters. The third kappa shape index (κ3) is 9.28. The Balaban J connectivity index is 1.32. The zero-order valence-electron chi connectivity index (χ0n) is 27.3. The SMILES string of the molecule is CCOC(=O)CN(CCc1c[nH]c2ccccc12)C(=O)CC1C(=O)N(CCc2ccc(Cl)cc2Cl)CC(=O)N1CCCN1CCOCC1.